The molecule has 0 aliphatic carbocycles. The van der Waals surface area contributed by atoms with Gasteiger partial charge in [-0.05, 0) is 36.8 Å². The number of rotatable bonds is 5. The average molecular weight is 292 g/mol. The van der Waals surface area contributed by atoms with E-state index in [9.17, 15) is 13.6 Å². The fourth-order valence-electron chi connectivity index (χ4n) is 1.68. The molecule has 0 spiro atoms. The van der Waals surface area contributed by atoms with Gasteiger partial charge in [-0.2, -0.15) is 0 Å². The number of hydrogen-bond acceptors (Lipinski definition) is 4. The molecule has 0 radical (unpaired) electrons. The van der Waals surface area contributed by atoms with E-state index in [-0.39, 0.29) is 0 Å². The number of halogens is 2. The van der Waals surface area contributed by atoms with Crippen LogP contribution in [0.15, 0.2) is 36.5 Å². The maximum absolute atomic E-state index is 13.0. The number of carbonyl (C=O) groups excluding carboxylic acids is 1. The van der Waals surface area contributed by atoms with Crippen molar-refractivity contribution in [3.8, 4) is 0 Å². The Labute approximate surface area is 120 Å². The van der Waals surface area contributed by atoms with Gasteiger partial charge >= 0.3 is 5.97 Å². The van der Waals surface area contributed by atoms with E-state index < -0.39 is 17.6 Å². The molecule has 0 unspecified atom stereocenters. The molecule has 4 nitrogen and oxygen atoms in total. The average Bonchev–Trinajstić information content (AvgIpc) is 2.49. The Hall–Kier alpha value is -2.50. The van der Waals surface area contributed by atoms with Crippen LogP contribution in [0.2, 0.25) is 0 Å². The van der Waals surface area contributed by atoms with Crippen molar-refractivity contribution in [3.63, 3.8) is 0 Å². The molecule has 0 bridgehead atoms. The number of pyridine rings is 1. The molecular weight excluding hydrogens is 278 g/mol. The van der Waals surface area contributed by atoms with Crippen molar-refractivity contribution in [1.29, 1.82) is 0 Å². The van der Waals surface area contributed by atoms with Gasteiger partial charge in [-0.15, -0.1) is 0 Å². The van der Waals surface area contributed by atoms with Crippen molar-refractivity contribution in [2.24, 2.45) is 0 Å². The fraction of sp³-hybridized carbons (Fsp3) is 0.200. The molecule has 0 saturated heterocycles. The third-order valence-electron chi connectivity index (χ3n) is 2.73. The monoisotopic (exact) mass is 292 g/mol. The molecule has 1 aromatic carbocycles. The van der Waals surface area contributed by atoms with Crippen LogP contribution >= 0.6 is 0 Å². The van der Waals surface area contributed by atoms with Crippen LogP contribution in [0.3, 0.4) is 0 Å². The Bertz CT molecular complexity index is 630. The third-order valence-corrected chi connectivity index (χ3v) is 2.73. The second kappa shape index (κ2) is 6.78. The summed E-state index contributed by atoms with van der Waals surface area (Å²) >= 11 is 0. The molecule has 0 fully saturated rings. The van der Waals surface area contributed by atoms with E-state index in [4.69, 9.17) is 4.74 Å². The lowest BCUT2D eigenvalue weighted by Gasteiger charge is -2.07. The fourth-order valence-corrected chi connectivity index (χ4v) is 1.68. The second-order valence-corrected chi connectivity index (χ2v) is 4.25. The van der Waals surface area contributed by atoms with E-state index in [2.05, 4.69) is 10.3 Å². The molecule has 6 heteroatoms. The van der Waals surface area contributed by atoms with Crippen LogP contribution in [-0.2, 0) is 11.3 Å². The van der Waals surface area contributed by atoms with E-state index in [0.717, 1.165) is 12.1 Å². The maximum Gasteiger partial charge on any atom is 0.339 e. The summed E-state index contributed by atoms with van der Waals surface area (Å²) in [5.74, 6) is -1.68. The number of hydrogen-bond donors (Lipinski definition) is 1. The lowest BCUT2D eigenvalue weighted by molar-refractivity contribution is 0.0526. The highest BCUT2D eigenvalue weighted by atomic mass is 19.2. The van der Waals surface area contributed by atoms with Gasteiger partial charge in [0.25, 0.3) is 0 Å². The van der Waals surface area contributed by atoms with E-state index in [1.165, 1.54) is 12.3 Å². The van der Waals surface area contributed by atoms with Gasteiger partial charge in [-0.1, -0.05) is 6.07 Å². The van der Waals surface area contributed by atoms with Crippen molar-refractivity contribution in [3.05, 3.63) is 59.3 Å². The highest BCUT2D eigenvalue weighted by Crippen LogP contribution is 2.11. The van der Waals surface area contributed by atoms with Crippen molar-refractivity contribution in [1.82, 2.24) is 4.98 Å². The smallest absolute Gasteiger partial charge is 0.339 e. The molecule has 0 aliphatic rings. The lowest BCUT2D eigenvalue weighted by atomic mass is 10.2. The summed E-state index contributed by atoms with van der Waals surface area (Å²) < 4.78 is 30.7. The normalized spacial score (nSPS) is 10.2. The zero-order chi connectivity index (χ0) is 15.2. The van der Waals surface area contributed by atoms with E-state index in [1.807, 2.05) is 0 Å². The van der Waals surface area contributed by atoms with Gasteiger partial charge in [0.1, 0.15) is 5.82 Å². The van der Waals surface area contributed by atoms with Gasteiger partial charge in [-0.3, -0.25) is 0 Å². The van der Waals surface area contributed by atoms with Gasteiger partial charge in [0.2, 0.25) is 0 Å². The van der Waals surface area contributed by atoms with Crippen LogP contribution in [0.1, 0.15) is 22.8 Å². The predicted octanol–water partition coefficient (Wildman–Crippen LogP) is 3.15. The van der Waals surface area contributed by atoms with Crippen LogP contribution in [0.4, 0.5) is 14.6 Å². The Balaban J connectivity index is 1.97. The number of nitrogens with zero attached hydrogens (tertiary/aromatic N) is 1. The third kappa shape index (κ3) is 3.98. The highest BCUT2D eigenvalue weighted by Gasteiger charge is 2.07. The van der Waals surface area contributed by atoms with Gasteiger partial charge in [0.15, 0.2) is 11.6 Å². The Morgan fingerprint density at radius 3 is 2.67 bits per heavy atom. The summed E-state index contributed by atoms with van der Waals surface area (Å²) in [6.45, 7) is 2.32. The molecule has 0 atom stereocenters. The Morgan fingerprint density at radius 2 is 2.05 bits per heavy atom. The van der Waals surface area contributed by atoms with Gasteiger partial charge in [0, 0.05) is 12.7 Å². The van der Waals surface area contributed by atoms with Crippen LogP contribution in [-0.4, -0.2) is 17.6 Å². The summed E-state index contributed by atoms with van der Waals surface area (Å²) in [5, 5.41) is 2.95. The van der Waals surface area contributed by atoms with Crippen LogP contribution in [0.25, 0.3) is 0 Å². The molecule has 21 heavy (non-hydrogen) atoms. The molecule has 1 aromatic heterocycles. The Kier molecular flexibility index (Phi) is 4.81. The summed E-state index contributed by atoms with van der Waals surface area (Å²) in [7, 11) is 0. The molecule has 2 aromatic rings. The minimum Gasteiger partial charge on any atom is -0.462 e. The Morgan fingerprint density at radius 1 is 1.24 bits per heavy atom. The number of carbonyl (C=O) groups is 1. The van der Waals surface area contributed by atoms with Gasteiger partial charge < -0.3 is 10.1 Å². The zero-order valence-electron chi connectivity index (χ0n) is 11.4. The first-order chi connectivity index (χ1) is 10.1. The number of anilines is 1. The van der Waals surface area contributed by atoms with E-state index in [0.29, 0.717) is 30.1 Å². The summed E-state index contributed by atoms with van der Waals surface area (Å²) in [4.78, 5) is 15.5. The quantitative estimate of drug-likeness (QED) is 0.860. The molecule has 110 valence electrons. The molecule has 1 N–H and O–H groups in total. The number of aromatic nitrogens is 1. The summed E-state index contributed by atoms with van der Waals surface area (Å²) in [6, 6.07) is 6.88. The van der Waals surface area contributed by atoms with Gasteiger partial charge in [-0.25, -0.2) is 18.6 Å². The minimum atomic E-state index is -0.889. The molecule has 1 heterocycles. The molecule has 0 amide bonds. The number of benzene rings is 1. The first-order valence-corrected chi connectivity index (χ1v) is 6.41. The number of nitrogens with one attached hydrogen (secondary N) is 1. The molecule has 2 rings (SSSR count). The lowest BCUT2D eigenvalue weighted by Crippen LogP contribution is -2.06. The summed E-state index contributed by atoms with van der Waals surface area (Å²) in [5.41, 5.74) is 0.945. The summed E-state index contributed by atoms with van der Waals surface area (Å²) in [6.07, 6.45) is 1.39. The standard InChI is InChI=1S/C15H14F2N2O2/c1-2-21-15(20)11-4-6-14(19-9-11)18-8-10-3-5-12(16)13(17)7-10/h3-7,9H,2,8H2,1H3,(H,18,19). The number of esters is 1. The van der Waals surface area contributed by atoms with Crippen molar-refractivity contribution in [2.45, 2.75) is 13.5 Å². The molecular formula is C15H14F2N2O2. The highest BCUT2D eigenvalue weighted by molar-refractivity contribution is 5.89. The number of ether oxygens (including phenoxy) is 1. The van der Waals surface area contributed by atoms with Crippen LogP contribution < -0.4 is 5.32 Å². The predicted molar refractivity (Wildman–Crippen MR) is 73.9 cm³/mol. The topological polar surface area (TPSA) is 51.2 Å². The minimum absolute atomic E-state index is 0.295. The molecule has 0 aliphatic heterocycles. The first-order valence-electron chi connectivity index (χ1n) is 6.41. The first kappa shape index (κ1) is 14.9. The SMILES string of the molecule is CCOC(=O)c1ccc(NCc2ccc(F)c(F)c2)nc1. The largest absolute Gasteiger partial charge is 0.462 e. The van der Waals surface area contributed by atoms with Gasteiger partial charge in [0.05, 0.1) is 12.2 Å². The maximum atomic E-state index is 13.0. The van der Waals surface area contributed by atoms with E-state index in [1.54, 1.807) is 19.1 Å². The van der Waals surface area contributed by atoms with Crippen molar-refractivity contribution >= 4 is 11.8 Å². The van der Waals surface area contributed by atoms with E-state index >= 15 is 0 Å². The van der Waals surface area contributed by atoms with Crippen LogP contribution in [0.5, 0.6) is 0 Å². The molecule has 0 saturated carbocycles. The van der Waals surface area contributed by atoms with Crippen molar-refractivity contribution in [2.75, 3.05) is 11.9 Å². The van der Waals surface area contributed by atoms with Crippen molar-refractivity contribution < 1.29 is 18.3 Å². The zero-order valence-corrected chi connectivity index (χ0v) is 11.4. The second-order valence-electron chi connectivity index (χ2n) is 4.25. The van der Waals surface area contributed by atoms with Crippen LogP contribution in [0, 0.1) is 11.6 Å².